The van der Waals surface area contributed by atoms with Gasteiger partial charge >= 0.3 is 0 Å². The van der Waals surface area contributed by atoms with Crippen molar-refractivity contribution in [2.24, 2.45) is 0 Å². The molecule has 0 unspecified atom stereocenters. The van der Waals surface area contributed by atoms with E-state index in [0.717, 1.165) is 82.4 Å². The van der Waals surface area contributed by atoms with Crippen LogP contribution in [0.4, 0.5) is 0 Å². The number of benzene rings is 6. The molecular formula is C44H26N4OS. The van der Waals surface area contributed by atoms with Gasteiger partial charge in [0.15, 0.2) is 11.6 Å². The molecule has 10 aromatic rings. The second-order valence-corrected chi connectivity index (χ2v) is 13.3. The summed E-state index contributed by atoms with van der Waals surface area (Å²) in [7, 11) is 0. The van der Waals surface area contributed by atoms with Crippen LogP contribution < -0.4 is 0 Å². The van der Waals surface area contributed by atoms with Crippen LogP contribution in [0.15, 0.2) is 162 Å². The van der Waals surface area contributed by atoms with Crippen molar-refractivity contribution < 1.29 is 4.42 Å². The number of fused-ring (bicyclic) bond motifs is 6. The summed E-state index contributed by atoms with van der Waals surface area (Å²) in [6, 6.07) is 53.7. The Bertz CT molecular complexity index is 2810. The molecule has 0 aliphatic carbocycles. The molecule has 5 nitrogen and oxygen atoms in total. The van der Waals surface area contributed by atoms with Gasteiger partial charge < -0.3 is 4.42 Å². The minimum absolute atomic E-state index is 0.665. The Morgan fingerprint density at radius 3 is 1.92 bits per heavy atom. The highest BCUT2D eigenvalue weighted by atomic mass is 32.1. The first kappa shape index (κ1) is 28.5. The number of nitrogens with zero attached hydrogens (tertiary/aromatic N) is 4. The molecule has 0 atom stereocenters. The molecule has 234 valence electrons. The number of hydrogen-bond acceptors (Lipinski definition) is 6. The predicted molar refractivity (Wildman–Crippen MR) is 205 cm³/mol. The Kier molecular flexibility index (Phi) is 6.60. The molecule has 4 heterocycles. The second kappa shape index (κ2) is 11.6. The number of furan rings is 1. The van der Waals surface area contributed by atoms with Crippen LogP contribution in [0.2, 0.25) is 0 Å². The fraction of sp³-hybridized carbons (Fsp3) is 0. The van der Waals surface area contributed by atoms with Crippen molar-refractivity contribution >= 4 is 53.6 Å². The van der Waals surface area contributed by atoms with Crippen molar-refractivity contribution in [3.63, 3.8) is 0 Å². The molecule has 0 radical (unpaired) electrons. The third-order valence-corrected chi connectivity index (χ3v) is 10.3. The highest BCUT2D eigenvalue weighted by molar-refractivity contribution is 7.26. The van der Waals surface area contributed by atoms with E-state index < -0.39 is 0 Å². The second-order valence-electron chi connectivity index (χ2n) is 12.2. The third kappa shape index (κ3) is 4.77. The monoisotopic (exact) mass is 658 g/mol. The Morgan fingerprint density at radius 2 is 1.12 bits per heavy atom. The van der Waals surface area contributed by atoms with Crippen LogP contribution in [0.1, 0.15) is 0 Å². The highest BCUT2D eigenvalue weighted by Crippen LogP contribution is 2.41. The molecule has 0 bridgehead atoms. The average molecular weight is 659 g/mol. The lowest BCUT2D eigenvalue weighted by Crippen LogP contribution is -1.96. The van der Waals surface area contributed by atoms with Gasteiger partial charge in [0.25, 0.3) is 0 Å². The Balaban J connectivity index is 1.16. The van der Waals surface area contributed by atoms with Crippen molar-refractivity contribution in [2.45, 2.75) is 0 Å². The summed E-state index contributed by atoms with van der Waals surface area (Å²) in [5, 5.41) is 3.15. The molecule has 0 spiro atoms. The maximum absolute atomic E-state index is 6.57. The van der Waals surface area contributed by atoms with Gasteiger partial charge in [0.05, 0.1) is 27.3 Å². The first-order chi connectivity index (χ1) is 24.8. The van der Waals surface area contributed by atoms with Crippen LogP contribution in [0.3, 0.4) is 0 Å². The summed E-state index contributed by atoms with van der Waals surface area (Å²) in [5.41, 5.74) is 10.1. The van der Waals surface area contributed by atoms with Gasteiger partial charge in [0.1, 0.15) is 11.2 Å². The van der Waals surface area contributed by atoms with E-state index in [4.69, 9.17) is 24.4 Å². The van der Waals surface area contributed by atoms with Gasteiger partial charge in [0, 0.05) is 48.7 Å². The number of hydrogen-bond donors (Lipinski definition) is 0. The van der Waals surface area contributed by atoms with Gasteiger partial charge in [-0.25, -0.2) is 19.9 Å². The third-order valence-electron chi connectivity index (χ3n) is 9.13. The number of rotatable bonds is 5. The molecule has 0 aliphatic heterocycles. The lowest BCUT2D eigenvalue weighted by Gasteiger charge is -2.10. The van der Waals surface area contributed by atoms with Gasteiger partial charge in [-0.1, -0.05) is 127 Å². The quantitative estimate of drug-likeness (QED) is 0.184. The van der Waals surface area contributed by atoms with Crippen molar-refractivity contribution in [3.8, 4) is 56.5 Å². The molecule has 0 aliphatic rings. The molecule has 0 N–H and O–H groups in total. The highest BCUT2D eigenvalue weighted by Gasteiger charge is 2.20. The van der Waals surface area contributed by atoms with Crippen LogP contribution in [-0.4, -0.2) is 19.9 Å². The van der Waals surface area contributed by atoms with Crippen LogP contribution in [0, 0.1) is 0 Å². The van der Waals surface area contributed by atoms with Crippen LogP contribution in [0.25, 0.3) is 98.8 Å². The minimum Gasteiger partial charge on any atom is -0.456 e. The summed E-state index contributed by atoms with van der Waals surface area (Å²) in [6.07, 6.45) is 0. The van der Waals surface area contributed by atoms with E-state index in [9.17, 15) is 0 Å². The van der Waals surface area contributed by atoms with Crippen molar-refractivity contribution in [3.05, 3.63) is 158 Å². The van der Waals surface area contributed by atoms with Gasteiger partial charge in [0.2, 0.25) is 0 Å². The normalized spacial score (nSPS) is 11.6. The van der Waals surface area contributed by atoms with Gasteiger partial charge in [-0.05, 0) is 30.3 Å². The zero-order valence-electron chi connectivity index (χ0n) is 26.6. The maximum Gasteiger partial charge on any atom is 0.160 e. The van der Waals surface area contributed by atoms with E-state index in [-0.39, 0.29) is 0 Å². The molecule has 6 heteroatoms. The summed E-state index contributed by atoms with van der Waals surface area (Å²) in [4.78, 5) is 20.5. The lowest BCUT2D eigenvalue weighted by molar-refractivity contribution is 0.669. The van der Waals surface area contributed by atoms with E-state index in [1.807, 2.05) is 66.7 Å². The first-order valence-corrected chi connectivity index (χ1v) is 17.3. The molecule has 6 aromatic carbocycles. The number of aromatic nitrogens is 4. The van der Waals surface area contributed by atoms with Gasteiger partial charge in [-0.2, -0.15) is 0 Å². The van der Waals surface area contributed by atoms with E-state index in [2.05, 4.69) is 91.0 Å². The van der Waals surface area contributed by atoms with E-state index >= 15 is 0 Å². The topological polar surface area (TPSA) is 64.7 Å². The van der Waals surface area contributed by atoms with Crippen molar-refractivity contribution in [1.29, 1.82) is 0 Å². The zero-order valence-corrected chi connectivity index (χ0v) is 27.4. The summed E-state index contributed by atoms with van der Waals surface area (Å²) in [6.45, 7) is 0. The molecule has 4 aromatic heterocycles. The summed E-state index contributed by atoms with van der Waals surface area (Å²) < 4.78 is 8.85. The Morgan fingerprint density at radius 1 is 0.440 bits per heavy atom. The molecule has 50 heavy (non-hydrogen) atoms. The molecular weight excluding hydrogens is 633 g/mol. The Hall–Kier alpha value is -6.50. The largest absolute Gasteiger partial charge is 0.456 e. The van der Waals surface area contributed by atoms with Crippen LogP contribution >= 0.6 is 11.3 Å². The van der Waals surface area contributed by atoms with Gasteiger partial charge in [-0.15, -0.1) is 11.3 Å². The Labute approximate surface area is 291 Å². The molecule has 10 rings (SSSR count). The first-order valence-electron chi connectivity index (χ1n) is 16.5. The average Bonchev–Trinajstić information content (AvgIpc) is 3.76. The van der Waals surface area contributed by atoms with Gasteiger partial charge in [-0.3, -0.25) is 0 Å². The fourth-order valence-corrected chi connectivity index (χ4v) is 7.90. The summed E-state index contributed by atoms with van der Waals surface area (Å²) >= 11 is 1.74. The van der Waals surface area contributed by atoms with Crippen molar-refractivity contribution in [2.75, 3.05) is 0 Å². The summed E-state index contributed by atoms with van der Waals surface area (Å²) in [5.74, 6) is 1.34. The minimum atomic E-state index is 0.665. The van der Waals surface area contributed by atoms with E-state index in [1.165, 1.54) is 4.70 Å². The molecule has 0 saturated carbocycles. The zero-order chi connectivity index (χ0) is 33.0. The van der Waals surface area contributed by atoms with E-state index in [0.29, 0.717) is 11.6 Å². The fourth-order valence-electron chi connectivity index (χ4n) is 6.75. The smallest absolute Gasteiger partial charge is 0.160 e. The molecule has 0 amide bonds. The van der Waals surface area contributed by atoms with Crippen molar-refractivity contribution in [1.82, 2.24) is 19.9 Å². The molecule has 0 saturated heterocycles. The van der Waals surface area contributed by atoms with Crippen LogP contribution in [-0.2, 0) is 0 Å². The SMILES string of the molecule is c1ccc(-c2cc(-c3cccc4oc5cc(-c6nc(-c7ccccc7)c7sc8ccccc8c7n6)ccc5c34)nc(-c3ccccc3)n2)cc1. The lowest BCUT2D eigenvalue weighted by atomic mass is 10.0. The number of thiophene rings is 1. The standard InChI is InChI=1S/C44H26N4OS/c1-4-13-27(14-5-1)34-26-35(46-43(45-34)29-17-8-3-9-18-29)31-20-12-21-36-39(31)32-24-23-30(25-37(32)49-36)44-47-40(28-15-6-2-7-16-28)42-41(48-44)33-19-10-11-22-38(33)50-42/h1-26H. The van der Waals surface area contributed by atoms with Crippen LogP contribution in [0.5, 0.6) is 0 Å². The van der Waals surface area contributed by atoms with E-state index in [1.54, 1.807) is 11.3 Å². The molecule has 0 fully saturated rings. The predicted octanol–water partition coefficient (Wildman–Crippen LogP) is 11.9. The maximum atomic E-state index is 6.57.